The standard InChI is InChI=1S/C15H24N2OS/c1-12(16-2)11-17-14(18)15(8-4-3-5-9-15)13-7-6-10-19-13/h6-7,10,12,16H,3-5,8-9,11H2,1-2H3,(H,17,18). The number of hydrogen-bond donors (Lipinski definition) is 2. The van der Waals surface area contributed by atoms with E-state index in [4.69, 9.17) is 0 Å². The molecule has 3 nitrogen and oxygen atoms in total. The summed E-state index contributed by atoms with van der Waals surface area (Å²) in [5, 5.41) is 8.37. The quantitative estimate of drug-likeness (QED) is 0.870. The largest absolute Gasteiger partial charge is 0.354 e. The van der Waals surface area contributed by atoms with Crippen LogP contribution in [-0.2, 0) is 10.2 Å². The van der Waals surface area contributed by atoms with E-state index in [2.05, 4.69) is 35.1 Å². The average Bonchev–Trinajstić information content (AvgIpc) is 2.99. The van der Waals surface area contributed by atoms with Crippen LogP contribution < -0.4 is 10.6 Å². The second-order valence-corrected chi connectivity index (χ2v) is 6.47. The van der Waals surface area contributed by atoms with Crippen LogP contribution in [0.15, 0.2) is 17.5 Å². The predicted molar refractivity (Wildman–Crippen MR) is 80.6 cm³/mol. The first-order chi connectivity index (χ1) is 9.19. The van der Waals surface area contributed by atoms with Crippen molar-refractivity contribution in [2.24, 2.45) is 0 Å². The third-order valence-corrected chi connectivity index (χ3v) is 5.27. The van der Waals surface area contributed by atoms with Gasteiger partial charge in [-0.3, -0.25) is 4.79 Å². The highest BCUT2D eigenvalue weighted by Gasteiger charge is 2.41. The van der Waals surface area contributed by atoms with Gasteiger partial charge in [0.2, 0.25) is 5.91 Å². The number of carbonyl (C=O) groups is 1. The van der Waals surface area contributed by atoms with Gasteiger partial charge >= 0.3 is 0 Å². The summed E-state index contributed by atoms with van der Waals surface area (Å²) >= 11 is 1.72. The van der Waals surface area contributed by atoms with Gasteiger partial charge in [0.25, 0.3) is 0 Å². The highest BCUT2D eigenvalue weighted by Crippen LogP contribution is 2.41. The molecule has 1 aromatic heterocycles. The zero-order valence-corrected chi connectivity index (χ0v) is 12.7. The molecule has 2 N–H and O–H groups in total. The third-order valence-electron chi connectivity index (χ3n) is 4.20. The summed E-state index contributed by atoms with van der Waals surface area (Å²) in [6.45, 7) is 2.78. The molecule has 106 valence electrons. The first-order valence-electron chi connectivity index (χ1n) is 7.18. The SMILES string of the molecule is CNC(C)CNC(=O)C1(c2cccs2)CCCCC1. The first kappa shape index (κ1) is 14.5. The molecule has 1 heterocycles. The Balaban J connectivity index is 2.11. The highest BCUT2D eigenvalue weighted by molar-refractivity contribution is 7.10. The van der Waals surface area contributed by atoms with Gasteiger partial charge in [0.15, 0.2) is 0 Å². The van der Waals surface area contributed by atoms with Crippen LogP contribution in [0.1, 0.15) is 43.9 Å². The lowest BCUT2D eigenvalue weighted by atomic mass is 9.72. The molecular weight excluding hydrogens is 256 g/mol. The molecular formula is C15H24N2OS. The minimum atomic E-state index is -0.264. The minimum Gasteiger partial charge on any atom is -0.354 e. The van der Waals surface area contributed by atoms with Crippen LogP contribution in [0.3, 0.4) is 0 Å². The lowest BCUT2D eigenvalue weighted by molar-refractivity contribution is -0.128. The maximum atomic E-state index is 12.7. The van der Waals surface area contributed by atoms with Crippen molar-refractivity contribution in [1.29, 1.82) is 0 Å². The van der Waals surface area contributed by atoms with E-state index in [0.717, 1.165) is 25.7 Å². The average molecular weight is 280 g/mol. The molecule has 1 aliphatic rings. The van der Waals surface area contributed by atoms with E-state index < -0.39 is 0 Å². The van der Waals surface area contributed by atoms with E-state index in [9.17, 15) is 4.79 Å². The van der Waals surface area contributed by atoms with Crippen LogP contribution in [0.2, 0.25) is 0 Å². The molecule has 0 spiro atoms. The molecule has 0 aliphatic heterocycles. The van der Waals surface area contributed by atoms with Crippen LogP contribution in [0.25, 0.3) is 0 Å². The fraction of sp³-hybridized carbons (Fsp3) is 0.667. The molecule has 2 rings (SSSR count). The number of carbonyl (C=O) groups excluding carboxylic acids is 1. The topological polar surface area (TPSA) is 41.1 Å². The maximum Gasteiger partial charge on any atom is 0.231 e. The van der Waals surface area contributed by atoms with Crippen LogP contribution >= 0.6 is 11.3 Å². The van der Waals surface area contributed by atoms with Gasteiger partial charge in [-0.15, -0.1) is 11.3 Å². The molecule has 19 heavy (non-hydrogen) atoms. The van der Waals surface area contributed by atoms with Crippen molar-refractivity contribution in [2.45, 2.75) is 50.5 Å². The summed E-state index contributed by atoms with van der Waals surface area (Å²) in [7, 11) is 1.92. The molecule has 1 amide bonds. The zero-order chi connectivity index (χ0) is 13.7. The van der Waals surface area contributed by atoms with Crippen molar-refractivity contribution in [3.63, 3.8) is 0 Å². The van der Waals surface area contributed by atoms with E-state index in [1.807, 2.05) is 7.05 Å². The van der Waals surface area contributed by atoms with E-state index in [1.165, 1.54) is 11.3 Å². The fourth-order valence-electron chi connectivity index (χ4n) is 2.81. The second-order valence-electron chi connectivity index (χ2n) is 5.52. The van der Waals surface area contributed by atoms with Gasteiger partial charge in [-0.05, 0) is 38.3 Å². The molecule has 0 saturated heterocycles. The van der Waals surface area contributed by atoms with Crippen molar-refractivity contribution in [3.8, 4) is 0 Å². The number of likely N-dealkylation sites (N-methyl/N-ethyl adjacent to an activating group) is 1. The summed E-state index contributed by atoms with van der Waals surface area (Å²) in [4.78, 5) is 13.9. The summed E-state index contributed by atoms with van der Waals surface area (Å²) in [6, 6.07) is 4.49. The smallest absolute Gasteiger partial charge is 0.231 e. The second kappa shape index (κ2) is 6.53. The first-order valence-corrected chi connectivity index (χ1v) is 8.06. The molecule has 1 aromatic rings. The number of rotatable bonds is 5. The molecule has 1 aliphatic carbocycles. The molecule has 1 atom stereocenters. The van der Waals surface area contributed by atoms with Crippen LogP contribution in [0.5, 0.6) is 0 Å². The lowest BCUT2D eigenvalue weighted by Crippen LogP contribution is -2.48. The normalized spacial score (nSPS) is 19.9. The van der Waals surface area contributed by atoms with Gasteiger partial charge in [-0.1, -0.05) is 25.3 Å². The highest BCUT2D eigenvalue weighted by atomic mass is 32.1. The van der Waals surface area contributed by atoms with E-state index in [-0.39, 0.29) is 11.3 Å². The number of hydrogen-bond acceptors (Lipinski definition) is 3. The number of amides is 1. The van der Waals surface area contributed by atoms with Crippen molar-refractivity contribution < 1.29 is 4.79 Å². The Labute approximate surface area is 119 Å². The van der Waals surface area contributed by atoms with Crippen LogP contribution in [-0.4, -0.2) is 25.5 Å². The lowest BCUT2D eigenvalue weighted by Gasteiger charge is -2.35. The Morgan fingerprint density at radius 1 is 1.42 bits per heavy atom. The van der Waals surface area contributed by atoms with Crippen molar-refractivity contribution in [3.05, 3.63) is 22.4 Å². The summed E-state index contributed by atoms with van der Waals surface area (Å²) in [5.74, 6) is 0.219. The van der Waals surface area contributed by atoms with E-state index >= 15 is 0 Å². The Kier molecular flexibility index (Phi) is 4.99. The van der Waals surface area contributed by atoms with E-state index in [1.54, 1.807) is 11.3 Å². The van der Waals surface area contributed by atoms with Gasteiger partial charge in [-0.2, -0.15) is 0 Å². The van der Waals surface area contributed by atoms with Crippen molar-refractivity contribution in [1.82, 2.24) is 10.6 Å². The summed E-state index contributed by atoms with van der Waals surface area (Å²) in [5.41, 5.74) is -0.264. The molecule has 0 radical (unpaired) electrons. The van der Waals surface area contributed by atoms with Crippen molar-refractivity contribution >= 4 is 17.2 Å². The Bertz CT molecular complexity index is 396. The molecule has 1 saturated carbocycles. The summed E-state index contributed by atoms with van der Waals surface area (Å²) < 4.78 is 0. The monoisotopic (exact) mass is 280 g/mol. The van der Waals surface area contributed by atoms with Gasteiger partial charge in [-0.25, -0.2) is 0 Å². The number of thiophene rings is 1. The van der Waals surface area contributed by atoms with Crippen LogP contribution in [0.4, 0.5) is 0 Å². The molecule has 4 heteroatoms. The van der Waals surface area contributed by atoms with Gasteiger partial charge < -0.3 is 10.6 Å². The molecule has 1 unspecified atom stereocenters. The molecule has 0 aromatic carbocycles. The van der Waals surface area contributed by atoms with Gasteiger partial charge in [0, 0.05) is 17.5 Å². The Hall–Kier alpha value is -0.870. The molecule has 1 fully saturated rings. The summed E-state index contributed by atoms with van der Waals surface area (Å²) in [6.07, 6.45) is 5.56. The van der Waals surface area contributed by atoms with Crippen molar-refractivity contribution in [2.75, 3.05) is 13.6 Å². The number of nitrogens with one attached hydrogen (secondary N) is 2. The third kappa shape index (κ3) is 3.18. The Morgan fingerprint density at radius 2 is 2.16 bits per heavy atom. The van der Waals surface area contributed by atoms with Crippen LogP contribution in [0, 0.1) is 0 Å². The Morgan fingerprint density at radius 3 is 2.74 bits per heavy atom. The van der Waals surface area contributed by atoms with Gasteiger partial charge in [0.05, 0.1) is 5.41 Å². The fourth-order valence-corrected chi connectivity index (χ4v) is 3.79. The molecule has 0 bridgehead atoms. The zero-order valence-electron chi connectivity index (χ0n) is 11.9. The van der Waals surface area contributed by atoms with Gasteiger partial charge in [0.1, 0.15) is 0 Å². The van der Waals surface area contributed by atoms with E-state index in [0.29, 0.717) is 12.6 Å². The minimum absolute atomic E-state index is 0.219. The maximum absolute atomic E-state index is 12.7. The predicted octanol–water partition coefficient (Wildman–Crippen LogP) is 2.67.